The number of hydrogen-bond donors (Lipinski definition) is 1. The van der Waals surface area contributed by atoms with Crippen molar-refractivity contribution < 1.29 is 4.42 Å². The van der Waals surface area contributed by atoms with E-state index in [4.69, 9.17) is 4.42 Å². The fourth-order valence-electron chi connectivity index (χ4n) is 2.76. The highest BCUT2D eigenvalue weighted by atomic mass is 16.3. The van der Waals surface area contributed by atoms with E-state index < -0.39 is 0 Å². The topological polar surface area (TPSA) is 59.6 Å². The zero-order chi connectivity index (χ0) is 16.0. The van der Waals surface area contributed by atoms with Crippen LogP contribution in [0.15, 0.2) is 47.3 Å². The van der Waals surface area contributed by atoms with Crippen LogP contribution in [0.3, 0.4) is 0 Å². The van der Waals surface area contributed by atoms with E-state index in [1.54, 1.807) is 6.26 Å². The first kappa shape index (κ1) is 13.8. The first-order valence-electron chi connectivity index (χ1n) is 7.70. The van der Waals surface area contributed by atoms with E-state index in [1.807, 2.05) is 37.5 Å². The summed E-state index contributed by atoms with van der Waals surface area (Å²) in [7, 11) is 0. The lowest BCUT2D eigenvalue weighted by Crippen LogP contribution is -1.97. The number of imidazole rings is 1. The van der Waals surface area contributed by atoms with Crippen LogP contribution in [0, 0.1) is 6.92 Å². The monoisotopic (exact) mass is 306 g/mol. The Bertz CT molecular complexity index is 974. The molecule has 1 N–H and O–H groups in total. The standard InChI is InChI=1S/C18H18N4O/c1-11(2)22-10-19-15-8-13(5-7-17(15)22)18-21-16(9-23-18)14-6-4-12(3)20-14/h4-11,20H,1-3H3. The van der Waals surface area contributed by atoms with Gasteiger partial charge in [0.15, 0.2) is 0 Å². The van der Waals surface area contributed by atoms with E-state index in [9.17, 15) is 0 Å². The Morgan fingerprint density at radius 3 is 2.78 bits per heavy atom. The van der Waals surface area contributed by atoms with E-state index in [-0.39, 0.29) is 0 Å². The van der Waals surface area contributed by atoms with Gasteiger partial charge in [-0.2, -0.15) is 0 Å². The lowest BCUT2D eigenvalue weighted by molar-refractivity contribution is 0.575. The first-order valence-corrected chi connectivity index (χ1v) is 7.70. The van der Waals surface area contributed by atoms with Gasteiger partial charge in [-0.05, 0) is 51.1 Å². The van der Waals surface area contributed by atoms with E-state index in [1.165, 1.54) is 0 Å². The molecule has 4 rings (SSSR count). The van der Waals surface area contributed by atoms with E-state index in [0.29, 0.717) is 11.9 Å². The van der Waals surface area contributed by atoms with E-state index >= 15 is 0 Å². The Balaban J connectivity index is 1.73. The summed E-state index contributed by atoms with van der Waals surface area (Å²) in [6, 6.07) is 10.5. The third-order valence-electron chi connectivity index (χ3n) is 3.99. The molecule has 0 atom stereocenters. The van der Waals surface area contributed by atoms with Gasteiger partial charge in [-0.3, -0.25) is 0 Å². The van der Waals surface area contributed by atoms with Gasteiger partial charge in [-0.1, -0.05) is 0 Å². The fourth-order valence-corrected chi connectivity index (χ4v) is 2.76. The maximum Gasteiger partial charge on any atom is 0.226 e. The van der Waals surface area contributed by atoms with Crippen molar-refractivity contribution in [3.63, 3.8) is 0 Å². The van der Waals surface area contributed by atoms with Crippen LogP contribution in [0.4, 0.5) is 0 Å². The third-order valence-corrected chi connectivity index (χ3v) is 3.99. The Labute approximate surface area is 134 Å². The lowest BCUT2D eigenvalue weighted by atomic mass is 10.2. The van der Waals surface area contributed by atoms with Crippen LogP contribution in [0.5, 0.6) is 0 Å². The molecule has 0 amide bonds. The number of oxazole rings is 1. The molecule has 1 aromatic carbocycles. The molecule has 0 saturated carbocycles. The van der Waals surface area contributed by atoms with Gasteiger partial charge in [-0.25, -0.2) is 9.97 Å². The number of rotatable bonds is 3. The summed E-state index contributed by atoms with van der Waals surface area (Å²) >= 11 is 0. The molecule has 0 aliphatic heterocycles. The number of benzene rings is 1. The SMILES string of the molecule is Cc1ccc(-c2coc(-c3ccc4c(c3)ncn4C(C)C)n2)[nH]1. The number of fused-ring (bicyclic) bond motifs is 1. The van der Waals surface area contributed by atoms with Crippen LogP contribution >= 0.6 is 0 Å². The zero-order valence-corrected chi connectivity index (χ0v) is 13.4. The van der Waals surface area contributed by atoms with Crippen molar-refractivity contribution in [2.45, 2.75) is 26.8 Å². The number of nitrogens with one attached hydrogen (secondary N) is 1. The van der Waals surface area contributed by atoms with Crippen molar-refractivity contribution in [3.05, 3.63) is 48.6 Å². The second-order valence-corrected chi connectivity index (χ2v) is 6.04. The van der Waals surface area contributed by atoms with E-state index in [2.05, 4.69) is 39.4 Å². The highest BCUT2D eigenvalue weighted by Gasteiger charge is 2.12. The summed E-state index contributed by atoms with van der Waals surface area (Å²) in [5, 5.41) is 0. The Kier molecular flexibility index (Phi) is 3.08. The number of aromatic nitrogens is 4. The molecule has 3 aromatic heterocycles. The molecule has 5 nitrogen and oxygen atoms in total. The summed E-state index contributed by atoms with van der Waals surface area (Å²) in [4.78, 5) is 12.3. The molecule has 0 saturated heterocycles. The van der Waals surface area contributed by atoms with Gasteiger partial charge in [-0.15, -0.1) is 0 Å². The molecule has 0 bridgehead atoms. The van der Waals surface area contributed by atoms with Crippen LogP contribution in [-0.4, -0.2) is 19.5 Å². The maximum absolute atomic E-state index is 5.65. The molecular formula is C18H18N4O. The second kappa shape index (κ2) is 5.12. The largest absolute Gasteiger partial charge is 0.444 e. The molecule has 0 spiro atoms. The third kappa shape index (κ3) is 2.34. The quantitative estimate of drug-likeness (QED) is 0.603. The van der Waals surface area contributed by atoms with Gasteiger partial charge in [0.05, 0.1) is 23.1 Å². The summed E-state index contributed by atoms with van der Waals surface area (Å²) in [5.41, 5.74) is 5.87. The summed E-state index contributed by atoms with van der Waals surface area (Å²) in [6.07, 6.45) is 3.55. The molecule has 0 radical (unpaired) electrons. The highest BCUT2D eigenvalue weighted by Crippen LogP contribution is 2.27. The number of aryl methyl sites for hydroxylation is 1. The van der Waals surface area contributed by atoms with Gasteiger partial charge in [0.1, 0.15) is 12.0 Å². The number of nitrogens with zero attached hydrogens (tertiary/aromatic N) is 3. The van der Waals surface area contributed by atoms with E-state index in [0.717, 1.165) is 33.7 Å². The zero-order valence-electron chi connectivity index (χ0n) is 13.4. The molecule has 4 aromatic rings. The van der Waals surface area contributed by atoms with Crippen LogP contribution < -0.4 is 0 Å². The molecule has 0 unspecified atom stereocenters. The van der Waals surface area contributed by atoms with Gasteiger partial charge in [0.25, 0.3) is 0 Å². The van der Waals surface area contributed by atoms with Crippen LogP contribution in [-0.2, 0) is 0 Å². The predicted octanol–water partition coefficient (Wildman–Crippen LogP) is 4.58. The predicted molar refractivity (Wildman–Crippen MR) is 90.1 cm³/mol. The molecule has 116 valence electrons. The van der Waals surface area contributed by atoms with Crippen molar-refractivity contribution in [3.8, 4) is 22.8 Å². The summed E-state index contributed by atoms with van der Waals surface area (Å²) in [6.45, 7) is 6.31. The van der Waals surface area contributed by atoms with Crippen LogP contribution in [0.2, 0.25) is 0 Å². The van der Waals surface area contributed by atoms with Crippen molar-refractivity contribution in [1.82, 2.24) is 19.5 Å². The molecule has 0 aliphatic rings. The molecular weight excluding hydrogens is 288 g/mol. The van der Waals surface area contributed by atoms with Crippen LogP contribution in [0.25, 0.3) is 33.9 Å². The van der Waals surface area contributed by atoms with Gasteiger partial charge in [0, 0.05) is 17.3 Å². The highest BCUT2D eigenvalue weighted by molar-refractivity contribution is 5.80. The molecule has 5 heteroatoms. The minimum absolute atomic E-state index is 0.385. The first-order chi connectivity index (χ1) is 11.1. The van der Waals surface area contributed by atoms with Crippen molar-refractivity contribution >= 4 is 11.0 Å². The Morgan fingerprint density at radius 2 is 2.04 bits per heavy atom. The van der Waals surface area contributed by atoms with Gasteiger partial charge < -0.3 is 14.0 Å². The number of hydrogen-bond acceptors (Lipinski definition) is 3. The smallest absolute Gasteiger partial charge is 0.226 e. The molecule has 0 aliphatic carbocycles. The van der Waals surface area contributed by atoms with Crippen molar-refractivity contribution in [2.24, 2.45) is 0 Å². The Hall–Kier alpha value is -2.82. The summed E-state index contributed by atoms with van der Waals surface area (Å²) < 4.78 is 7.81. The van der Waals surface area contributed by atoms with Crippen molar-refractivity contribution in [2.75, 3.05) is 0 Å². The summed E-state index contributed by atoms with van der Waals surface area (Å²) in [5.74, 6) is 0.605. The average molecular weight is 306 g/mol. The lowest BCUT2D eigenvalue weighted by Gasteiger charge is -2.07. The van der Waals surface area contributed by atoms with Gasteiger partial charge >= 0.3 is 0 Å². The fraction of sp³-hybridized carbons (Fsp3) is 0.222. The minimum Gasteiger partial charge on any atom is -0.444 e. The van der Waals surface area contributed by atoms with Crippen LogP contribution in [0.1, 0.15) is 25.6 Å². The molecule has 3 heterocycles. The normalized spacial score (nSPS) is 11.7. The van der Waals surface area contributed by atoms with Gasteiger partial charge in [0.2, 0.25) is 5.89 Å². The second-order valence-electron chi connectivity index (χ2n) is 6.04. The maximum atomic E-state index is 5.65. The number of aromatic amines is 1. The number of H-pyrrole nitrogens is 1. The molecule has 23 heavy (non-hydrogen) atoms. The minimum atomic E-state index is 0.385. The van der Waals surface area contributed by atoms with Crippen molar-refractivity contribution in [1.29, 1.82) is 0 Å². The average Bonchev–Trinajstić information content (AvgIpc) is 3.24. The Morgan fingerprint density at radius 1 is 1.17 bits per heavy atom. The molecule has 0 fully saturated rings.